The molecule has 7 nitrogen and oxygen atoms in total. The normalized spacial score (nSPS) is 18.8. The third-order valence-electron chi connectivity index (χ3n) is 5.00. The van der Waals surface area contributed by atoms with E-state index >= 15 is 0 Å². The summed E-state index contributed by atoms with van der Waals surface area (Å²) in [5.74, 6) is -0.314. The fourth-order valence-electron chi connectivity index (χ4n) is 3.73. The van der Waals surface area contributed by atoms with Gasteiger partial charge in [-0.2, -0.15) is 5.10 Å². The lowest BCUT2D eigenvalue weighted by atomic mass is 9.74. The van der Waals surface area contributed by atoms with Gasteiger partial charge in [0.1, 0.15) is 5.82 Å². The lowest BCUT2D eigenvalue weighted by Gasteiger charge is -2.35. The fraction of sp³-hybridized carbons (Fsp3) is 0.368. The minimum atomic E-state index is -3.76. The second-order valence-electron chi connectivity index (χ2n) is 8.03. The second kappa shape index (κ2) is 6.52. The average Bonchev–Trinajstić information content (AvgIpc) is 3.21. The van der Waals surface area contributed by atoms with Gasteiger partial charge in [-0.15, -0.1) is 0 Å². The summed E-state index contributed by atoms with van der Waals surface area (Å²) in [6, 6.07) is 5.69. The van der Waals surface area contributed by atoms with Crippen LogP contribution in [0, 0.1) is 11.2 Å². The molecule has 0 amide bonds. The molecule has 0 fully saturated rings. The topological polar surface area (TPSA) is 81.8 Å². The SMILES string of the molecule is Cn1cnc(S(=O)(=O)NC2CC(C)(C)Cc3c2cnn3-c2ccc(F)cc2)c1. The second-order valence-corrected chi connectivity index (χ2v) is 9.69. The third-order valence-corrected chi connectivity index (χ3v) is 6.36. The van der Waals surface area contributed by atoms with Crippen LogP contribution in [0.4, 0.5) is 4.39 Å². The quantitative estimate of drug-likeness (QED) is 0.726. The lowest BCUT2D eigenvalue weighted by molar-refractivity contribution is 0.268. The molecule has 1 aliphatic rings. The van der Waals surface area contributed by atoms with Crippen LogP contribution in [0.25, 0.3) is 5.69 Å². The van der Waals surface area contributed by atoms with E-state index in [0.717, 1.165) is 23.4 Å². The first-order valence-electron chi connectivity index (χ1n) is 8.98. The Hall–Kier alpha value is -2.52. The molecule has 0 saturated carbocycles. The van der Waals surface area contributed by atoms with Crippen molar-refractivity contribution in [3.63, 3.8) is 0 Å². The fourth-order valence-corrected chi connectivity index (χ4v) is 4.92. The van der Waals surface area contributed by atoms with Gasteiger partial charge in [0.05, 0.1) is 24.3 Å². The van der Waals surface area contributed by atoms with Crippen LogP contribution in [0.1, 0.15) is 37.6 Å². The average molecular weight is 403 g/mol. The van der Waals surface area contributed by atoms with Gasteiger partial charge in [-0.1, -0.05) is 13.8 Å². The van der Waals surface area contributed by atoms with E-state index in [1.54, 1.807) is 34.6 Å². The summed E-state index contributed by atoms with van der Waals surface area (Å²) in [4.78, 5) is 3.96. The van der Waals surface area contributed by atoms with Gasteiger partial charge in [-0.3, -0.25) is 0 Å². The number of fused-ring (bicyclic) bond motifs is 1. The predicted molar refractivity (Wildman–Crippen MR) is 102 cm³/mol. The van der Waals surface area contributed by atoms with Crippen molar-refractivity contribution in [2.45, 2.75) is 37.8 Å². The summed E-state index contributed by atoms with van der Waals surface area (Å²) in [6.07, 6.45) is 6.00. The number of imidazole rings is 1. The Morgan fingerprint density at radius 3 is 2.61 bits per heavy atom. The van der Waals surface area contributed by atoms with Crippen molar-refractivity contribution in [2.24, 2.45) is 12.5 Å². The standard InChI is InChI=1S/C19H22FN5O2S/c1-19(2)8-16(23-28(26,27)18-11-24(3)12-21-18)15-10-22-25(17(15)9-19)14-6-4-13(20)5-7-14/h4-7,10-12,16,23H,8-9H2,1-3H3. The van der Waals surface area contributed by atoms with Gasteiger partial charge in [0.15, 0.2) is 5.03 Å². The number of aryl methyl sites for hydroxylation is 1. The Labute approximate surface area is 163 Å². The van der Waals surface area contributed by atoms with Crippen LogP contribution in [0.5, 0.6) is 0 Å². The number of hydrogen-bond donors (Lipinski definition) is 1. The first kappa shape index (κ1) is 18.8. The van der Waals surface area contributed by atoms with Gasteiger partial charge in [0, 0.05) is 24.5 Å². The van der Waals surface area contributed by atoms with Crippen molar-refractivity contribution >= 4 is 10.0 Å². The summed E-state index contributed by atoms with van der Waals surface area (Å²) in [5, 5.41) is 4.45. The highest BCUT2D eigenvalue weighted by molar-refractivity contribution is 7.89. The van der Waals surface area contributed by atoms with E-state index < -0.39 is 16.1 Å². The lowest BCUT2D eigenvalue weighted by Crippen LogP contribution is -2.36. The molecule has 1 N–H and O–H groups in total. The summed E-state index contributed by atoms with van der Waals surface area (Å²) in [6.45, 7) is 4.19. The van der Waals surface area contributed by atoms with Crippen LogP contribution in [0.2, 0.25) is 0 Å². The summed E-state index contributed by atoms with van der Waals surface area (Å²) < 4.78 is 45.0. The Balaban J connectivity index is 1.72. The van der Waals surface area contributed by atoms with E-state index in [1.165, 1.54) is 24.7 Å². The molecule has 1 atom stereocenters. The maximum Gasteiger partial charge on any atom is 0.260 e. The number of benzene rings is 1. The molecule has 3 aromatic rings. The molecule has 0 radical (unpaired) electrons. The minimum absolute atomic E-state index is 0.00847. The van der Waals surface area contributed by atoms with Crippen molar-refractivity contribution in [3.8, 4) is 5.69 Å². The Morgan fingerprint density at radius 1 is 1.25 bits per heavy atom. The van der Waals surface area contributed by atoms with Gasteiger partial charge in [0.25, 0.3) is 10.0 Å². The van der Waals surface area contributed by atoms with Crippen LogP contribution in [0.15, 0.2) is 48.0 Å². The molecule has 0 aliphatic heterocycles. The molecule has 1 aliphatic carbocycles. The van der Waals surface area contributed by atoms with E-state index in [1.807, 2.05) is 0 Å². The van der Waals surface area contributed by atoms with Gasteiger partial charge >= 0.3 is 0 Å². The number of sulfonamides is 1. The highest BCUT2D eigenvalue weighted by Crippen LogP contribution is 2.41. The van der Waals surface area contributed by atoms with E-state index in [4.69, 9.17) is 0 Å². The van der Waals surface area contributed by atoms with Crippen LogP contribution in [0.3, 0.4) is 0 Å². The zero-order valence-corrected chi connectivity index (χ0v) is 16.7. The van der Waals surface area contributed by atoms with Crippen molar-refractivity contribution in [2.75, 3.05) is 0 Å². The first-order valence-corrected chi connectivity index (χ1v) is 10.5. The predicted octanol–water partition coefficient (Wildman–Crippen LogP) is 2.74. The maximum atomic E-state index is 13.3. The number of halogens is 1. The number of hydrogen-bond acceptors (Lipinski definition) is 4. The zero-order valence-electron chi connectivity index (χ0n) is 15.9. The Bertz CT molecular complexity index is 1120. The van der Waals surface area contributed by atoms with Gasteiger partial charge in [0.2, 0.25) is 0 Å². The van der Waals surface area contributed by atoms with Crippen molar-refractivity contribution < 1.29 is 12.8 Å². The Morgan fingerprint density at radius 2 is 1.96 bits per heavy atom. The molecule has 9 heteroatoms. The number of nitrogens with zero attached hydrogens (tertiary/aromatic N) is 4. The largest absolute Gasteiger partial charge is 0.339 e. The molecule has 28 heavy (non-hydrogen) atoms. The number of aromatic nitrogens is 4. The maximum absolute atomic E-state index is 13.3. The summed E-state index contributed by atoms with van der Waals surface area (Å²) in [7, 11) is -2.04. The Kier molecular flexibility index (Phi) is 4.39. The van der Waals surface area contributed by atoms with Crippen molar-refractivity contribution in [3.05, 3.63) is 60.1 Å². The van der Waals surface area contributed by atoms with E-state index in [2.05, 4.69) is 28.7 Å². The van der Waals surface area contributed by atoms with Crippen LogP contribution >= 0.6 is 0 Å². The van der Waals surface area contributed by atoms with Gasteiger partial charge < -0.3 is 4.57 Å². The molecule has 0 bridgehead atoms. The highest BCUT2D eigenvalue weighted by atomic mass is 32.2. The van der Waals surface area contributed by atoms with E-state index in [0.29, 0.717) is 6.42 Å². The first-order chi connectivity index (χ1) is 13.1. The van der Waals surface area contributed by atoms with E-state index in [-0.39, 0.29) is 16.3 Å². The highest BCUT2D eigenvalue weighted by Gasteiger charge is 2.37. The van der Waals surface area contributed by atoms with Crippen LogP contribution < -0.4 is 4.72 Å². The molecule has 148 valence electrons. The van der Waals surface area contributed by atoms with E-state index in [9.17, 15) is 12.8 Å². The smallest absolute Gasteiger partial charge is 0.260 e. The zero-order chi connectivity index (χ0) is 20.1. The van der Waals surface area contributed by atoms with Gasteiger partial charge in [-0.05, 0) is 42.5 Å². The summed E-state index contributed by atoms with van der Waals surface area (Å²) in [5.41, 5.74) is 2.37. The van der Waals surface area contributed by atoms with Crippen LogP contribution in [-0.4, -0.2) is 27.7 Å². The van der Waals surface area contributed by atoms with Crippen molar-refractivity contribution in [1.29, 1.82) is 0 Å². The minimum Gasteiger partial charge on any atom is -0.339 e. The molecule has 1 unspecified atom stereocenters. The molecule has 2 heterocycles. The molecular formula is C19H22FN5O2S. The molecule has 1 aromatic carbocycles. The van der Waals surface area contributed by atoms with Crippen molar-refractivity contribution in [1.82, 2.24) is 24.1 Å². The third kappa shape index (κ3) is 3.47. The summed E-state index contributed by atoms with van der Waals surface area (Å²) >= 11 is 0. The van der Waals surface area contributed by atoms with Gasteiger partial charge in [-0.25, -0.2) is 27.2 Å². The molecule has 2 aromatic heterocycles. The molecule has 0 spiro atoms. The number of rotatable bonds is 4. The molecule has 4 rings (SSSR count). The molecule has 0 saturated heterocycles. The molecular weight excluding hydrogens is 381 g/mol. The number of nitrogens with one attached hydrogen (secondary N) is 1. The monoisotopic (exact) mass is 403 g/mol. The van der Waals surface area contributed by atoms with Crippen LogP contribution in [-0.2, 0) is 23.5 Å².